The van der Waals surface area contributed by atoms with Gasteiger partial charge in [-0.15, -0.1) is 0 Å². The normalized spacial score (nSPS) is 24.9. The van der Waals surface area contributed by atoms with Crippen LogP contribution in [0.5, 0.6) is 0 Å². The minimum absolute atomic E-state index is 0.0525. The van der Waals surface area contributed by atoms with Gasteiger partial charge in [0.1, 0.15) is 0 Å². The molecule has 1 N–H and O–H groups in total. The maximum atomic E-state index is 12.8. The highest BCUT2D eigenvalue weighted by Gasteiger charge is 2.46. The minimum atomic E-state index is -0.0525. The number of nitrogens with one attached hydrogen (secondary N) is 1. The number of amides is 1. The average Bonchev–Trinajstić information content (AvgIpc) is 3.40. The number of nitriles is 1. The van der Waals surface area contributed by atoms with Gasteiger partial charge in [0.05, 0.1) is 12.1 Å². The number of aryl methyl sites for hydroxylation is 1. The average molecular weight is 374 g/mol. The molecule has 2 aromatic rings. The zero-order valence-electron chi connectivity index (χ0n) is 15.8. The molecular formula is C21H22N6O. The van der Waals surface area contributed by atoms with Gasteiger partial charge in [0.15, 0.2) is 6.19 Å². The number of carbonyl (C=O) groups is 1. The van der Waals surface area contributed by atoms with Crippen molar-refractivity contribution in [2.24, 2.45) is 0 Å². The number of hydrogen-bond donors (Lipinski definition) is 1. The largest absolute Gasteiger partial charge is 0.347 e. The Hall–Kier alpha value is -3.14. The molecule has 3 atom stereocenters. The predicted molar refractivity (Wildman–Crippen MR) is 104 cm³/mol. The maximum absolute atomic E-state index is 12.8. The molecular weight excluding hydrogens is 352 g/mol. The summed E-state index contributed by atoms with van der Waals surface area (Å²) in [6.07, 6.45) is 9.71. The van der Waals surface area contributed by atoms with Crippen LogP contribution in [0, 0.1) is 18.4 Å². The molecule has 2 bridgehead atoms. The van der Waals surface area contributed by atoms with E-state index in [1.807, 2.05) is 42.4 Å². The number of nitrogens with zero attached hydrogens (tertiary/aromatic N) is 5. The quantitative estimate of drug-likeness (QED) is 0.830. The Bertz CT molecular complexity index is 966. The van der Waals surface area contributed by atoms with Crippen molar-refractivity contribution in [1.82, 2.24) is 20.2 Å². The van der Waals surface area contributed by atoms with Gasteiger partial charge in [-0.1, -0.05) is 0 Å². The third-order valence-corrected chi connectivity index (χ3v) is 6.21. The monoisotopic (exact) mass is 374 g/mol. The van der Waals surface area contributed by atoms with Gasteiger partial charge in [0, 0.05) is 36.2 Å². The number of benzene rings is 1. The van der Waals surface area contributed by atoms with Gasteiger partial charge in [0.2, 0.25) is 5.95 Å². The van der Waals surface area contributed by atoms with Crippen LogP contribution in [0.2, 0.25) is 0 Å². The van der Waals surface area contributed by atoms with Crippen molar-refractivity contribution < 1.29 is 4.79 Å². The topological polar surface area (TPSA) is 85.2 Å². The van der Waals surface area contributed by atoms with Crippen LogP contribution in [-0.2, 0) is 6.42 Å². The number of rotatable bonds is 3. The van der Waals surface area contributed by atoms with Gasteiger partial charge < -0.3 is 15.1 Å². The molecule has 0 saturated carbocycles. The fraction of sp³-hybridized carbons (Fsp3) is 0.429. The number of carbonyl (C=O) groups excluding carboxylic acids is 1. The molecule has 28 heavy (non-hydrogen) atoms. The molecule has 2 fully saturated rings. The number of aromatic nitrogens is 2. The molecule has 3 aliphatic rings. The van der Waals surface area contributed by atoms with Crippen molar-refractivity contribution in [3.05, 3.63) is 47.3 Å². The van der Waals surface area contributed by atoms with Crippen LogP contribution >= 0.6 is 0 Å². The van der Waals surface area contributed by atoms with Crippen LogP contribution in [0.25, 0.3) is 0 Å². The Labute approximate surface area is 164 Å². The van der Waals surface area contributed by atoms with Gasteiger partial charge in [-0.05, 0) is 61.9 Å². The molecule has 0 radical (unpaired) electrons. The summed E-state index contributed by atoms with van der Waals surface area (Å²) in [6.45, 7) is 2.78. The Morgan fingerprint density at radius 1 is 1.29 bits per heavy atom. The van der Waals surface area contributed by atoms with E-state index in [-0.39, 0.29) is 18.0 Å². The van der Waals surface area contributed by atoms with E-state index in [0.717, 1.165) is 49.0 Å². The Morgan fingerprint density at radius 3 is 2.86 bits per heavy atom. The number of fused-ring (bicyclic) bond motifs is 3. The molecule has 3 aliphatic heterocycles. The molecule has 1 aromatic carbocycles. The second kappa shape index (κ2) is 6.48. The van der Waals surface area contributed by atoms with Crippen molar-refractivity contribution in [3.63, 3.8) is 0 Å². The molecule has 142 valence electrons. The first kappa shape index (κ1) is 17.0. The highest BCUT2D eigenvalue weighted by molar-refractivity contribution is 5.95. The molecule has 5 rings (SSSR count). The molecule has 1 aromatic heterocycles. The lowest BCUT2D eigenvalue weighted by atomic mass is 9.95. The summed E-state index contributed by atoms with van der Waals surface area (Å²) in [6, 6.07) is 6.36. The molecule has 7 heteroatoms. The van der Waals surface area contributed by atoms with Crippen LogP contribution in [-0.4, -0.2) is 45.4 Å². The Morgan fingerprint density at radius 2 is 2.11 bits per heavy atom. The molecule has 4 heterocycles. The SMILES string of the molecule is Cc1cnc(N2CCc3cc(C(=O)NC4CC5CCC4N5C#N)ccc32)nc1. The van der Waals surface area contributed by atoms with E-state index < -0.39 is 0 Å². The Balaban J connectivity index is 1.32. The smallest absolute Gasteiger partial charge is 0.251 e. The van der Waals surface area contributed by atoms with Gasteiger partial charge in [-0.3, -0.25) is 4.79 Å². The minimum Gasteiger partial charge on any atom is -0.347 e. The third-order valence-electron chi connectivity index (χ3n) is 6.21. The highest BCUT2D eigenvalue weighted by Crippen LogP contribution is 2.37. The summed E-state index contributed by atoms with van der Waals surface area (Å²) in [5.41, 5.74) is 3.92. The number of anilines is 2. The van der Waals surface area contributed by atoms with Gasteiger partial charge >= 0.3 is 0 Å². The molecule has 3 unspecified atom stereocenters. The summed E-state index contributed by atoms with van der Waals surface area (Å²) in [4.78, 5) is 25.6. The first-order valence-electron chi connectivity index (χ1n) is 9.82. The summed E-state index contributed by atoms with van der Waals surface area (Å²) < 4.78 is 0. The van der Waals surface area contributed by atoms with E-state index in [1.54, 1.807) is 0 Å². The fourth-order valence-electron chi connectivity index (χ4n) is 4.83. The molecule has 2 saturated heterocycles. The Kier molecular flexibility index (Phi) is 3.93. The second-order valence-electron chi connectivity index (χ2n) is 7.93. The lowest BCUT2D eigenvalue weighted by molar-refractivity contribution is 0.0928. The van der Waals surface area contributed by atoms with Crippen molar-refractivity contribution in [2.75, 3.05) is 11.4 Å². The van der Waals surface area contributed by atoms with E-state index in [0.29, 0.717) is 17.6 Å². The van der Waals surface area contributed by atoms with E-state index in [4.69, 9.17) is 0 Å². The van der Waals surface area contributed by atoms with Crippen LogP contribution in [0.4, 0.5) is 11.6 Å². The lowest BCUT2D eigenvalue weighted by Crippen LogP contribution is -2.43. The predicted octanol–water partition coefficient (Wildman–Crippen LogP) is 2.30. The van der Waals surface area contributed by atoms with E-state index >= 15 is 0 Å². The van der Waals surface area contributed by atoms with Crippen molar-refractivity contribution in [2.45, 2.75) is 50.7 Å². The fourth-order valence-corrected chi connectivity index (χ4v) is 4.83. The van der Waals surface area contributed by atoms with Crippen LogP contribution in [0.1, 0.15) is 40.7 Å². The summed E-state index contributed by atoms with van der Waals surface area (Å²) >= 11 is 0. The second-order valence-corrected chi connectivity index (χ2v) is 7.93. The molecule has 1 amide bonds. The van der Waals surface area contributed by atoms with Crippen LogP contribution in [0.3, 0.4) is 0 Å². The molecule has 7 nitrogen and oxygen atoms in total. The molecule has 0 aliphatic carbocycles. The maximum Gasteiger partial charge on any atom is 0.251 e. The van der Waals surface area contributed by atoms with E-state index in [2.05, 4.69) is 26.4 Å². The van der Waals surface area contributed by atoms with Gasteiger partial charge in [-0.2, -0.15) is 5.26 Å². The first-order valence-corrected chi connectivity index (χ1v) is 9.82. The third kappa shape index (κ3) is 2.68. The van der Waals surface area contributed by atoms with Crippen molar-refractivity contribution in [1.29, 1.82) is 5.26 Å². The standard InChI is InChI=1S/C21H22N6O/c1-13-10-23-21(24-11-13)26-7-6-14-8-15(2-4-18(14)26)20(28)25-17-9-16-3-5-19(17)27(16)12-22/h2,4,8,10-11,16-17,19H,3,5-7,9H2,1H3,(H,25,28). The zero-order valence-corrected chi connectivity index (χ0v) is 15.8. The van der Waals surface area contributed by atoms with Gasteiger partial charge in [-0.25, -0.2) is 9.97 Å². The van der Waals surface area contributed by atoms with Crippen LogP contribution in [0.15, 0.2) is 30.6 Å². The first-order chi connectivity index (χ1) is 13.6. The van der Waals surface area contributed by atoms with Crippen molar-refractivity contribution >= 4 is 17.5 Å². The lowest BCUT2D eigenvalue weighted by Gasteiger charge is -2.22. The number of hydrogen-bond acceptors (Lipinski definition) is 6. The van der Waals surface area contributed by atoms with E-state index in [1.165, 1.54) is 0 Å². The summed E-state index contributed by atoms with van der Waals surface area (Å²) in [5.74, 6) is 0.642. The van der Waals surface area contributed by atoms with Crippen molar-refractivity contribution in [3.8, 4) is 6.19 Å². The van der Waals surface area contributed by atoms with Gasteiger partial charge in [0.25, 0.3) is 5.91 Å². The van der Waals surface area contributed by atoms with Crippen LogP contribution < -0.4 is 10.2 Å². The zero-order chi connectivity index (χ0) is 19.3. The van der Waals surface area contributed by atoms with E-state index in [9.17, 15) is 10.1 Å². The summed E-state index contributed by atoms with van der Waals surface area (Å²) in [5, 5.41) is 12.5. The summed E-state index contributed by atoms with van der Waals surface area (Å²) in [7, 11) is 0. The molecule has 0 spiro atoms. The highest BCUT2D eigenvalue weighted by atomic mass is 16.1.